The Hall–Kier alpha value is -0.880. The fourth-order valence-corrected chi connectivity index (χ4v) is 1.49. The molecular formula is C8H10N2S. The molecule has 1 rings (SSSR count). The Balaban J connectivity index is 3.04. The molecule has 0 aliphatic heterocycles. The molecule has 58 valence electrons. The van der Waals surface area contributed by atoms with E-state index in [-0.39, 0.29) is 0 Å². The quantitative estimate of drug-likeness (QED) is 0.641. The minimum absolute atomic E-state index is 0.440. The first-order chi connectivity index (χ1) is 5.06. The van der Waals surface area contributed by atoms with Gasteiger partial charge in [0.15, 0.2) is 0 Å². The van der Waals surface area contributed by atoms with Gasteiger partial charge in [-0.1, -0.05) is 0 Å². The molecular weight excluding hydrogens is 156 g/mol. The first kappa shape index (κ1) is 8.22. The lowest BCUT2D eigenvalue weighted by Gasteiger charge is -2.10. The molecule has 3 heteroatoms. The van der Waals surface area contributed by atoms with Gasteiger partial charge in [0, 0.05) is 5.38 Å². The van der Waals surface area contributed by atoms with E-state index in [9.17, 15) is 0 Å². The van der Waals surface area contributed by atoms with Crippen LogP contribution in [0, 0.1) is 18.3 Å². The van der Waals surface area contributed by atoms with Gasteiger partial charge in [0.2, 0.25) is 0 Å². The van der Waals surface area contributed by atoms with Gasteiger partial charge >= 0.3 is 0 Å². The molecule has 0 spiro atoms. The molecule has 1 aromatic heterocycles. The van der Waals surface area contributed by atoms with E-state index in [1.807, 2.05) is 26.2 Å². The Kier molecular flexibility index (Phi) is 1.97. The van der Waals surface area contributed by atoms with Crippen LogP contribution in [0.25, 0.3) is 0 Å². The van der Waals surface area contributed by atoms with Gasteiger partial charge in [-0.15, -0.1) is 11.3 Å². The van der Waals surface area contributed by atoms with Gasteiger partial charge in [-0.2, -0.15) is 5.26 Å². The maximum Gasteiger partial charge on any atom is 0.0945 e. The Morgan fingerprint density at radius 3 is 2.64 bits per heavy atom. The topological polar surface area (TPSA) is 36.7 Å². The van der Waals surface area contributed by atoms with Gasteiger partial charge in [0.1, 0.15) is 0 Å². The molecule has 1 heterocycles. The van der Waals surface area contributed by atoms with Gasteiger partial charge < -0.3 is 0 Å². The van der Waals surface area contributed by atoms with E-state index in [2.05, 4.69) is 11.1 Å². The highest BCUT2D eigenvalue weighted by Gasteiger charge is 2.22. The standard InChI is InChI=1S/C8H10N2S/c1-6-10-7(4-11-6)8(2,3)5-9/h4H,1-3H3. The molecule has 1 aromatic rings. The molecule has 11 heavy (non-hydrogen) atoms. The third-order valence-electron chi connectivity index (χ3n) is 1.54. The first-order valence-corrected chi connectivity index (χ1v) is 4.28. The maximum absolute atomic E-state index is 8.77. The van der Waals surface area contributed by atoms with E-state index < -0.39 is 5.41 Å². The maximum atomic E-state index is 8.77. The second-order valence-corrected chi connectivity index (χ2v) is 4.05. The third kappa shape index (κ3) is 1.58. The summed E-state index contributed by atoms with van der Waals surface area (Å²) < 4.78 is 0. The molecule has 0 atom stereocenters. The van der Waals surface area contributed by atoms with Crippen LogP contribution in [0.1, 0.15) is 24.5 Å². The monoisotopic (exact) mass is 166 g/mol. The van der Waals surface area contributed by atoms with Gasteiger partial charge in [-0.25, -0.2) is 4.98 Å². The molecule has 0 unspecified atom stereocenters. The minimum Gasteiger partial charge on any atom is -0.245 e. The van der Waals surface area contributed by atoms with Crippen molar-refractivity contribution in [1.29, 1.82) is 5.26 Å². The van der Waals surface area contributed by atoms with Crippen molar-refractivity contribution in [1.82, 2.24) is 4.98 Å². The van der Waals surface area contributed by atoms with Gasteiger partial charge in [0.05, 0.1) is 22.2 Å². The Labute approximate surface area is 70.5 Å². The zero-order valence-electron chi connectivity index (χ0n) is 6.88. The molecule has 0 bridgehead atoms. The van der Waals surface area contributed by atoms with E-state index in [4.69, 9.17) is 5.26 Å². The number of nitriles is 1. The summed E-state index contributed by atoms with van der Waals surface area (Å²) in [5.41, 5.74) is 0.438. The van der Waals surface area contributed by atoms with Crippen LogP contribution in [-0.4, -0.2) is 4.98 Å². The van der Waals surface area contributed by atoms with Crippen molar-refractivity contribution in [3.63, 3.8) is 0 Å². The normalized spacial score (nSPS) is 11.1. The van der Waals surface area contributed by atoms with Crippen molar-refractivity contribution in [2.24, 2.45) is 0 Å². The number of rotatable bonds is 1. The van der Waals surface area contributed by atoms with Crippen LogP contribution in [0.4, 0.5) is 0 Å². The van der Waals surface area contributed by atoms with E-state index in [1.54, 1.807) is 11.3 Å². The summed E-state index contributed by atoms with van der Waals surface area (Å²) in [5, 5.41) is 11.7. The predicted molar refractivity (Wildman–Crippen MR) is 45.5 cm³/mol. The summed E-state index contributed by atoms with van der Waals surface area (Å²) in [5.74, 6) is 0. The predicted octanol–water partition coefficient (Wildman–Crippen LogP) is 2.25. The van der Waals surface area contributed by atoms with Crippen LogP contribution < -0.4 is 0 Å². The van der Waals surface area contributed by atoms with Gasteiger partial charge in [-0.3, -0.25) is 0 Å². The summed E-state index contributed by atoms with van der Waals surface area (Å²) in [6.07, 6.45) is 0. The van der Waals surface area contributed by atoms with E-state index in [1.165, 1.54) is 0 Å². The van der Waals surface area contributed by atoms with Crippen molar-refractivity contribution < 1.29 is 0 Å². The zero-order valence-corrected chi connectivity index (χ0v) is 7.70. The number of hydrogen-bond donors (Lipinski definition) is 0. The number of hydrogen-bond acceptors (Lipinski definition) is 3. The average molecular weight is 166 g/mol. The lowest BCUT2D eigenvalue weighted by atomic mass is 9.92. The molecule has 0 aromatic carbocycles. The van der Waals surface area contributed by atoms with Crippen LogP contribution in [-0.2, 0) is 5.41 Å². The molecule has 0 radical (unpaired) electrons. The van der Waals surface area contributed by atoms with Crippen molar-refractivity contribution in [2.75, 3.05) is 0 Å². The minimum atomic E-state index is -0.440. The Morgan fingerprint density at radius 1 is 1.64 bits per heavy atom. The average Bonchev–Trinajstić information content (AvgIpc) is 2.36. The smallest absolute Gasteiger partial charge is 0.0945 e. The number of thiazole rings is 1. The van der Waals surface area contributed by atoms with Crippen LogP contribution in [0.5, 0.6) is 0 Å². The summed E-state index contributed by atoms with van der Waals surface area (Å²) in [6.45, 7) is 5.70. The van der Waals surface area contributed by atoms with Crippen molar-refractivity contribution >= 4 is 11.3 Å². The number of aromatic nitrogens is 1. The highest BCUT2D eigenvalue weighted by molar-refractivity contribution is 7.09. The first-order valence-electron chi connectivity index (χ1n) is 3.40. The zero-order chi connectivity index (χ0) is 8.48. The van der Waals surface area contributed by atoms with Crippen LogP contribution in [0.2, 0.25) is 0 Å². The van der Waals surface area contributed by atoms with E-state index >= 15 is 0 Å². The number of nitrogens with zero attached hydrogens (tertiary/aromatic N) is 2. The van der Waals surface area contributed by atoms with Crippen LogP contribution >= 0.6 is 11.3 Å². The summed E-state index contributed by atoms with van der Waals surface area (Å²) in [6, 6.07) is 2.22. The Morgan fingerprint density at radius 2 is 2.27 bits per heavy atom. The fraction of sp³-hybridized carbons (Fsp3) is 0.500. The third-order valence-corrected chi connectivity index (χ3v) is 2.31. The summed E-state index contributed by atoms with van der Waals surface area (Å²) >= 11 is 1.58. The van der Waals surface area contributed by atoms with Crippen LogP contribution in [0.15, 0.2) is 5.38 Å². The molecule has 0 saturated heterocycles. The van der Waals surface area contributed by atoms with Crippen molar-refractivity contribution in [3.8, 4) is 6.07 Å². The lowest BCUT2D eigenvalue weighted by Crippen LogP contribution is -2.14. The second kappa shape index (κ2) is 2.63. The molecule has 0 saturated carbocycles. The summed E-state index contributed by atoms with van der Waals surface area (Å²) in [4.78, 5) is 4.25. The van der Waals surface area contributed by atoms with Gasteiger partial charge in [-0.05, 0) is 20.8 Å². The largest absolute Gasteiger partial charge is 0.245 e. The summed E-state index contributed by atoms with van der Waals surface area (Å²) in [7, 11) is 0. The molecule has 0 aliphatic rings. The SMILES string of the molecule is Cc1nc(C(C)(C)C#N)cs1. The van der Waals surface area contributed by atoms with E-state index in [0.717, 1.165) is 10.7 Å². The molecule has 2 nitrogen and oxygen atoms in total. The fourth-order valence-electron chi connectivity index (χ4n) is 0.708. The molecule has 0 fully saturated rings. The number of aryl methyl sites for hydroxylation is 1. The molecule has 0 N–H and O–H groups in total. The van der Waals surface area contributed by atoms with Crippen molar-refractivity contribution in [2.45, 2.75) is 26.2 Å². The van der Waals surface area contributed by atoms with Crippen LogP contribution in [0.3, 0.4) is 0 Å². The highest BCUT2D eigenvalue weighted by atomic mass is 32.1. The lowest BCUT2D eigenvalue weighted by molar-refractivity contribution is 0.663. The van der Waals surface area contributed by atoms with Crippen molar-refractivity contribution in [3.05, 3.63) is 16.1 Å². The second-order valence-electron chi connectivity index (χ2n) is 2.99. The molecule has 0 aliphatic carbocycles. The Bertz CT molecular complexity index is 293. The van der Waals surface area contributed by atoms with Gasteiger partial charge in [0.25, 0.3) is 0 Å². The highest BCUT2D eigenvalue weighted by Crippen LogP contribution is 2.23. The molecule has 0 amide bonds. The van der Waals surface area contributed by atoms with E-state index in [0.29, 0.717) is 0 Å².